The molecule has 0 saturated carbocycles. The smallest absolute Gasteiger partial charge is 0.305 e. The maximum atomic E-state index is 14.0. The van der Waals surface area contributed by atoms with Gasteiger partial charge in [0.1, 0.15) is 6.10 Å². The van der Waals surface area contributed by atoms with Crippen LogP contribution in [-0.4, -0.2) is 36.6 Å². The largest absolute Gasteiger partial charge is 0.459 e. The number of hydrogen-bond acceptors (Lipinski definition) is 5. The SMILES string of the molecule is CC(=O)O[C@H]1OC(C)[C@@H](C)[C@H](OC(C)=O)C1F. The Morgan fingerprint density at radius 3 is 2.12 bits per heavy atom. The van der Waals surface area contributed by atoms with Gasteiger partial charge in [0.2, 0.25) is 6.29 Å². The molecule has 0 aromatic rings. The van der Waals surface area contributed by atoms with Crippen molar-refractivity contribution in [3.8, 4) is 0 Å². The van der Waals surface area contributed by atoms with E-state index in [2.05, 4.69) is 0 Å². The van der Waals surface area contributed by atoms with Crippen LogP contribution in [0.25, 0.3) is 0 Å². The highest BCUT2D eigenvalue weighted by atomic mass is 19.1. The summed E-state index contributed by atoms with van der Waals surface area (Å²) < 4.78 is 28.8. The lowest BCUT2D eigenvalue weighted by Crippen LogP contribution is -2.53. The summed E-state index contributed by atoms with van der Waals surface area (Å²) in [6.45, 7) is 5.80. The molecule has 5 atom stereocenters. The normalized spacial score (nSPS) is 37.4. The standard InChI is InChI=1S/C11H17FO5/c1-5-6(2)15-11(17-8(4)14)9(12)10(5)16-7(3)13/h5-6,9-11H,1-4H3/t5-,6?,9?,10+,11-/m1/s1. The second kappa shape index (κ2) is 5.44. The summed E-state index contributed by atoms with van der Waals surface area (Å²) in [5.74, 6) is -1.51. The molecule has 6 heteroatoms. The van der Waals surface area contributed by atoms with E-state index < -0.39 is 30.5 Å². The van der Waals surface area contributed by atoms with Gasteiger partial charge in [-0.1, -0.05) is 6.92 Å². The van der Waals surface area contributed by atoms with Gasteiger partial charge in [-0.25, -0.2) is 4.39 Å². The van der Waals surface area contributed by atoms with Crippen molar-refractivity contribution in [1.82, 2.24) is 0 Å². The van der Waals surface area contributed by atoms with Crippen LogP contribution in [0.15, 0.2) is 0 Å². The molecule has 0 bridgehead atoms. The number of carbonyl (C=O) groups excluding carboxylic acids is 2. The first-order chi connectivity index (χ1) is 7.82. The Morgan fingerprint density at radius 1 is 1.12 bits per heavy atom. The van der Waals surface area contributed by atoms with Crippen molar-refractivity contribution in [3.63, 3.8) is 0 Å². The van der Waals surface area contributed by atoms with Crippen LogP contribution in [0, 0.1) is 5.92 Å². The summed E-state index contributed by atoms with van der Waals surface area (Å²) in [7, 11) is 0. The predicted octanol–water partition coefficient (Wildman–Crippen LogP) is 1.20. The number of hydrogen-bond donors (Lipinski definition) is 0. The lowest BCUT2D eigenvalue weighted by atomic mass is 9.92. The first-order valence-corrected chi connectivity index (χ1v) is 5.47. The van der Waals surface area contributed by atoms with Crippen LogP contribution in [0.1, 0.15) is 27.7 Å². The van der Waals surface area contributed by atoms with E-state index in [1.54, 1.807) is 13.8 Å². The minimum Gasteiger partial charge on any atom is -0.459 e. The quantitative estimate of drug-likeness (QED) is 0.687. The van der Waals surface area contributed by atoms with Gasteiger partial charge in [-0.3, -0.25) is 9.59 Å². The molecule has 0 aromatic carbocycles. The number of rotatable bonds is 2. The summed E-state index contributed by atoms with van der Waals surface area (Å²) in [6, 6.07) is 0. The molecular formula is C11H17FO5. The number of halogens is 1. The van der Waals surface area contributed by atoms with E-state index in [9.17, 15) is 14.0 Å². The topological polar surface area (TPSA) is 61.8 Å². The van der Waals surface area contributed by atoms with Gasteiger partial charge in [0, 0.05) is 19.8 Å². The first kappa shape index (κ1) is 13.9. The van der Waals surface area contributed by atoms with Crippen molar-refractivity contribution in [1.29, 1.82) is 0 Å². The molecule has 1 aliphatic rings. The van der Waals surface area contributed by atoms with Crippen molar-refractivity contribution >= 4 is 11.9 Å². The zero-order valence-corrected chi connectivity index (χ0v) is 10.3. The fraction of sp³-hybridized carbons (Fsp3) is 0.818. The van der Waals surface area contributed by atoms with E-state index >= 15 is 0 Å². The van der Waals surface area contributed by atoms with E-state index in [-0.39, 0.29) is 12.0 Å². The van der Waals surface area contributed by atoms with Crippen LogP contribution < -0.4 is 0 Å². The Morgan fingerprint density at radius 2 is 1.65 bits per heavy atom. The third-order valence-electron chi connectivity index (χ3n) is 2.77. The van der Waals surface area contributed by atoms with Crippen LogP contribution in [0.2, 0.25) is 0 Å². The third-order valence-corrected chi connectivity index (χ3v) is 2.77. The summed E-state index contributed by atoms with van der Waals surface area (Å²) in [5.41, 5.74) is 0. The molecule has 1 aliphatic heterocycles. The van der Waals surface area contributed by atoms with E-state index in [4.69, 9.17) is 14.2 Å². The monoisotopic (exact) mass is 248 g/mol. The maximum absolute atomic E-state index is 14.0. The average molecular weight is 248 g/mol. The Balaban J connectivity index is 2.78. The van der Waals surface area contributed by atoms with E-state index in [1.807, 2.05) is 0 Å². The fourth-order valence-electron chi connectivity index (χ4n) is 1.74. The van der Waals surface area contributed by atoms with Gasteiger partial charge in [-0.15, -0.1) is 0 Å². The van der Waals surface area contributed by atoms with Gasteiger partial charge >= 0.3 is 11.9 Å². The van der Waals surface area contributed by atoms with E-state index in [0.717, 1.165) is 0 Å². The third kappa shape index (κ3) is 3.39. The van der Waals surface area contributed by atoms with Gasteiger partial charge < -0.3 is 14.2 Å². The summed E-state index contributed by atoms with van der Waals surface area (Å²) >= 11 is 0. The Bertz CT molecular complexity index is 306. The van der Waals surface area contributed by atoms with Crippen molar-refractivity contribution in [2.24, 2.45) is 5.92 Å². The molecule has 0 amide bonds. The first-order valence-electron chi connectivity index (χ1n) is 5.47. The summed E-state index contributed by atoms with van der Waals surface area (Å²) in [4.78, 5) is 21.7. The number of esters is 2. The van der Waals surface area contributed by atoms with Gasteiger partial charge in [0.25, 0.3) is 0 Å². The van der Waals surface area contributed by atoms with E-state index in [1.165, 1.54) is 13.8 Å². The molecule has 0 aromatic heterocycles. The molecule has 1 saturated heterocycles. The highest BCUT2D eigenvalue weighted by Crippen LogP contribution is 2.30. The zero-order valence-electron chi connectivity index (χ0n) is 10.3. The molecule has 1 fully saturated rings. The van der Waals surface area contributed by atoms with Crippen LogP contribution in [0.3, 0.4) is 0 Å². The zero-order chi connectivity index (χ0) is 13.2. The second-order valence-corrected chi connectivity index (χ2v) is 4.20. The van der Waals surface area contributed by atoms with Gasteiger partial charge in [0.05, 0.1) is 6.10 Å². The van der Waals surface area contributed by atoms with Gasteiger partial charge in [-0.2, -0.15) is 0 Å². The second-order valence-electron chi connectivity index (χ2n) is 4.20. The Hall–Kier alpha value is -1.17. The van der Waals surface area contributed by atoms with Crippen LogP contribution in [0.4, 0.5) is 4.39 Å². The van der Waals surface area contributed by atoms with E-state index in [0.29, 0.717) is 0 Å². The number of alkyl halides is 1. The molecule has 0 aliphatic carbocycles. The lowest BCUT2D eigenvalue weighted by molar-refractivity contribution is -0.258. The Kier molecular flexibility index (Phi) is 4.45. The minimum atomic E-state index is -1.67. The molecule has 5 nitrogen and oxygen atoms in total. The lowest BCUT2D eigenvalue weighted by Gasteiger charge is -2.39. The molecular weight excluding hydrogens is 231 g/mol. The van der Waals surface area contributed by atoms with Crippen molar-refractivity contribution in [2.45, 2.75) is 52.4 Å². The predicted molar refractivity (Wildman–Crippen MR) is 55.7 cm³/mol. The van der Waals surface area contributed by atoms with Crippen molar-refractivity contribution < 1.29 is 28.2 Å². The molecule has 98 valence electrons. The molecule has 1 rings (SSSR count). The Labute approximate surface area is 99.2 Å². The summed E-state index contributed by atoms with van der Waals surface area (Å²) in [6.07, 6.45) is -4.31. The van der Waals surface area contributed by atoms with Crippen LogP contribution in [-0.2, 0) is 23.8 Å². The minimum absolute atomic E-state index is 0.305. The molecule has 1 heterocycles. The van der Waals surface area contributed by atoms with Gasteiger partial charge in [-0.05, 0) is 6.92 Å². The molecule has 2 unspecified atom stereocenters. The molecule has 0 radical (unpaired) electrons. The molecule has 0 spiro atoms. The summed E-state index contributed by atoms with van der Waals surface area (Å²) in [5, 5.41) is 0. The molecule has 0 N–H and O–H groups in total. The fourth-order valence-corrected chi connectivity index (χ4v) is 1.74. The maximum Gasteiger partial charge on any atom is 0.305 e. The number of carbonyl (C=O) groups is 2. The van der Waals surface area contributed by atoms with Crippen LogP contribution in [0.5, 0.6) is 0 Å². The van der Waals surface area contributed by atoms with Crippen LogP contribution >= 0.6 is 0 Å². The average Bonchev–Trinajstić information content (AvgIpc) is 2.20. The van der Waals surface area contributed by atoms with Crippen molar-refractivity contribution in [2.75, 3.05) is 0 Å². The number of ether oxygens (including phenoxy) is 3. The van der Waals surface area contributed by atoms with Gasteiger partial charge in [0.15, 0.2) is 6.17 Å². The highest BCUT2D eigenvalue weighted by molar-refractivity contribution is 5.66. The van der Waals surface area contributed by atoms with Crippen molar-refractivity contribution in [3.05, 3.63) is 0 Å². The highest BCUT2D eigenvalue weighted by Gasteiger charge is 2.46. The molecule has 17 heavy (non-hydrogen) atoms.